The summed E-state index contributed by atoms with van der Waals surface area (Å²) in [7, 11) is 1.99. The lowest BCUT2D eigenvalue weighted by Gasteiger charge is -2.33. The lowest BCUT2D eigenvalue weighted by atomic mass is 9.92. The van der Waals surface area contributed by atoms with Gasteiger partial charge in [0.25, 0.3) is 0 Å². The van der Waals surface area contributed by atoms with Gasteiger partial charge in [0, 0.05) is 19.0 Å². The first-order valence-corrected chi connectivity index (χ1v) is 4.75. The van der Waals surface area contributed by atoms with Crippen molar-refractivity contribution in [2.45, 2.75) is 13.0 Å². The van der Waals surface area contributed by atoms with Gasteiger partial charge in [0.1, 0.15) is 11.5 Å². The highest BCUT2D eigenvalue weighted by atomic mass is 16.3. The Morgan fingerprint density at radius 1 is 1.54 bits per heavy atom. The quantitative estimate of drug-likeness (QED) is 0.730. The molecular formula is C10H16N2O. The van der Waals surface area contributed by atoms with Crippen molar-refractivity contribution in [3.05, 3.63) is 23.7 Å². The van der Waals surface area contributed by atoms with E-state index in [1.165, 1.54) is 0 Å². The second-order valence-corrected chi connectivity index (χ2v) is 3.63. The molecule has 2 heterocycles. The Bertz CT molecular complexity index is 278. The third-order valence-corrected chi connectivity index (χ3v) is 2.66. The molecule has 0 aliphatic carbocycles. The van der Waals surface area contributed by atoms with E-state index in [0.717, 1.165) is 24.6 Å². The molecule has 0 bridgehead atoms. The van der Waals surface area contributed by atoms with Crippen LogP contribution in [0.2, 0.25) is 0 Å². The minimum atomic E-state index is 0.370. The smallest absolute Gasteiger partial charge is 0.121 e. The first-order chi connectivity index (χ1) is 6.31. The average molecular weight is 180 g/mol. The SMILES string of the molecule is CNC(c1ccc(C)o1)C1CNC1. The second-order valence-electron chi connectivity index (χ2n) is 3.63. The number of aryl methyl sites for hydroxylation is 1. The number of nitrogens with one attached hydrogen (secondary N) is 2. The number of hydrogen-bond donors (Lipinski definition) is 2. The summed E-state index contributed by atoms with van der Waals surface area (Å²) in [4.78, 5) is 0. The second kappa shape index (κ2) is 3.52. The molecule has 0 spiro atoms. The maximum Gasteiger partial charge on any atom is 0.121 e. The van der Waals surface area contributed by atoms with Gasteiger partial charge in [0.05, 0.1) is 6.04 Å². The van der Waals surface area contributed by atoms with Gasteiger partial charge in [-0.15, -0.1) is 0 Å². The lowest BCUT2D eigenvalue weighted by molar-refractivity contribution is 0.239. The van der Waals surface area contributed by atoms with E-state index in [4.69, 9.17) is 4.42 Å². The Morgan fingerprint density at radius 3 is 2.69 bits per heavy atom. The van der Waals surface area contributed by atoms with Gasteiger partial charge >= 0.3 is 0 Å². The predicted octanol–water partition coefficient (Wildman–Crippen LogP) is 1.07. The molecule has 1 unspecified atom stereocenters. The molecule has 1 saturated heterocycles. The molecule has 1 aromatic heterocycles. The molecule has 72 valence electrons. The Kier molecular flexibility index (Phi) is 2.38. The summed E-state index contributed by atoms with van der Waals surface area (Å²) in [6.07, 6.45) is 0. The summed E-state index contributed by atoms with van der Waals surface area (Å²) in [6, 6.07) is 4.45. The lowest BCUT2D eigenvalue weighted by Crippen LogP contribution is -2.48. The van der Waals surface area contributed by atoms with Crippen molar-refractivity contribution in [3.63, 3.8) is 0 Å². The highest BCUT2D eigenvalue weighted by Gasteiger charge is 2.28. The highest BCUT2D eigenvalue weighted by Crippen LogP contribution is 2.25. The van der Waals surface area contributed by atoms with Crippen LogP contribution in [0.4, 0.5) is 0 Å². The van der Waals surface area contributed by atoms with Crippen molar-refractivity contribution < 1.29 is 4.42 Å². The Morgan fingerprint density at radius 2 is 2.31 bits per heavy atom. The summed E-state index contributed by atoms with van der Waals surface area (Å²) in [6.45, 7) is 4.16. The van der Waals surface area contributed by atoms with Crippen LogP contribution in [-0.4, -0.2) is 20.1 Å². The third-order valence-electron chi connectivity index (χ3n) is 2.66. The van der Waals surface area contributed by atoms with Crippen molar-refractivity contribution in [2.24, 2.45) is 5.92 Å². The topological polar surface area (TPSA) is 37.2 Å². The predicted molar refractivity (Wildman–Crippen MR) is 51.6 cm³/mol. The molecule has 3 heteroatoms. The van der Waals surface area contributed by atoms with Crippen molar-refractivity contribution in [3.8, 4) is 0 Å². The van der Waals surface area contributed by atoms with Gasteiger partial charge in [-0.05, 0) is 26.1 Å². The van der Waals surface area contributed by atoms with Gasteiger partial charge in [-0.3, -0.25) is 0 Å². The van der Waals surface area contributed by atoms with E-state index in [0.29, 0.717) is 12.0 Å². The Hall–Kier alpha value is -0.800. The van der Waals surface area contributed by atoms with Crippen LogP contribution in [0.5, 0.6) is 0 Å². The molecule has 13 heavy (non-hydrogen) atoms. The zero-order valence-electron chi connectivity index (χ0n) is 8.13. The normalized spacial score (nSPS) is 19.8. The molecule has 2 rings (SSSR count). The molecule has 2 N–H and O–H groups in total. The molecule has 0 saturated carbocycles. The molecule has 1 aromatic rings. The summed E-state index contributed by atoms with van der Waals surface area (Å²) < 4.78 is 5.60. The van der Waals surface area contributed by atoms with Crippen molar-refractivity contribution in [1.82, 2.24) is 10.6 Å². The largest absolute Gasteiger partial charge is 0.465 e. The van der Waals surface area contributed by atoms with E-state index in [2.05, 4.69) is 16.7 Å². The van der Waals surface area contributed by atoms with Gasteiger partial charge in [-0.1, -0.05) is 0 Å². The standard InChI is InChI=1S/C10H16N2O/c1-7-3-4-9(13-7)10(11-2)8-5-12-6-8/h3-4,8,10-12H,5-6H2,1-2H3. The minimum Gasteiger partial charge on any atom is -0.465 e. The fourth-order valence-corrected chi connectivity index (χ4v) is 1.78. The van der Waals surface area contributed by atoms with Gasteiger partial charge in [-0.2, -0.15) is 0 Å². The summed E-state index contributed by atoms with van der Waals surface area (Å²) in [5.74, 6) is 2.73. The van der Waals surface area contributed by atoms with E-state index in [9.17, 15) is 0 Å². The van der Waals surface area contributed by atoms with Crippen LogP contribution < -0.4 is 10.6 Å². The van der Waals surface area contributed by atoms with E-state index in [-0.39, 0.29) is 0 Å². The number of hydrogen-bond acceptors (Lipinski definition) is 3. The van der Waals surface area contributed by atoms with E-state index < -0.39 is 0 Å². The first-order valence-electron chi connectivity index (χ1n) is 4.75. The van der Waals surface area contributed by atoms with E-state index in [1.54, 1.807) is 0 Å². The minimum absolute atomic E-state index is 0.370. The maximum absolute atomic E-state index is 5.60. The molecule has 0 aromatic carbocycles. The molecule has 1 atom stereocenters. The van der Waals surface area contributed by atoms with Crippen LogP contribution in [-0.2, 0) is 0 Å². The maximum atomic E-state index is 5.60. The van der Waals surface area contributed by atoms with Crippen LogP contribution in [0, 0.1) is 12.8 Å². The Labute approximate surface area is 78.5 Å². The zero-order chi connectivity index (χ0) is 9.26. The Balaban J connectivity index is 2.11. The van der Waals surface area contributed by atoms with Gasteiger partial charge in [0.15, 0.2) is 0 Å². The molecule has 1 fully saturated rings. The van der Waals surface area contributed by atoms with Crippen LogP contribution in [0.15, 0.2) is 16.5 Å². The summed E-state index contributed by atoms with van der Waals surface area (Å²) >= 11 is 0. The third kappa shape index (κ3) is 1.62. The van der Waals surface area contributed by atoms with Crippen molar-refractivity contribution in [2.75, 3.05) is 20.1 Å². The summed E-state index contributed by atoms with van der Waals surface area (Å²) in [5, 5.41) is 6.57. The molecule has 0 amide bonds. The van der Waals surface area contributed by atoms with Gasteiger partial charge in [0.2, 0.25) is 0 Å². The highest BCUT2D eigenvalue weighted by molar-refractivity contribution is 5.12. The molecule has 1 aliphatic rings. The van der Waals surface area contributed by atoms with Gasteiger partial charge < -0.3 is 15.1 Å². The number of furan rings is 1. The zero-order valence-corrected chi connectivity index (χ0v) is 8.13. The molecular weight excluding hydrogens is 164 g/mol. The summed E-state index contributed by atoms with van der Waals surface area (Å²) in [5.41, 5.74) is 0. The van der Waals surface area contributed by atoms with Crippen LogP contribution in [0.25, 0.3) is 0 Å². The number of rotatable bonds is 3. The first kappa shape index (κ1) is 8.78. The monoisotopic (exact) mass is 180 g/mol. The fraction of sp³-hybridized carbons (Fsp3) is 0.600. The van der Waals surface area contributed by atoms with Crippen molar-refractivity contribution >= 4 is 0 Å². The van der Waals surface area contributed by atoms with Crippen LogP contribution >= 0.6 is 0 Å². The van der Waals surface area contributed by atoms with Crippen LogP contribution in [0.1, 0.15) is 17.6 Å². The van der Waals surface area contributed by atoms with Gasteiger partial charge in [-0.25, -0.2) is 0 Å². The average Bonchev–Trinajstić information content (AvgIpc) is 2.43. The van der Waals surface area contributed by atoms with E-state index in [1.807, 2.05) is 20.0 Å². The van der Waals surface area contributed by atoms with E-state index >= 15 is 0 Å². The molecule has 1 aliphatic heterocycles. The molecule has 3 nitrogen and oxygen atoms in total. The van der Waals surface area contributed by atoms with Crippen LogP contribution in [0.3, 0.4) is 0 Å². The van der Waals surface area contributed by atoms with Crippen molar-refractivity contribution in [1.29, 1.82) is 0 Å². The fourth-order valence-electron chi connectivity index (χ4n) is 1.78. The molecule has 0 radical (unpaired) electrons.